The van der Waals surface area contributed by atoms with E-state index < -0.39 is 10.0 Å². The number of anilines is 2. The molecule has 2 saturated heterocycles. The molecule has 0 atom stereocenters. The van der Waals surface area contributed by atoms with Gasteiger partial charge in [0.05, 0.1) is 10.6 Å². The minimum atomic E-state index is -3.63. The summed E-state index contributed by atoms with van der Waals surface area (Å²) >= 11 is 0. The van der Waals surface area contributed by atoms with Crippen molar-refractivity contribution in [3.63, 3.8) is 0 Å². The fraction of sp³-hybridized carbons (Fsp3) is 0.364. The molecule has 0 spiro atoms. The van der Waals surface area contributed by atoms with Crippen LogP contribution in [-0.2, 0) is 19.6 Å². The summed E-state index contributed by atoms with van der Waals surface area (Å²) in [7, 11) is -3.63. The number of imide groups is 1. The number of amides is 2. The molecule has 0 N–H and O–H groups in total. The minimum absolute atomic E-state index is 0.172. The maximum atomic E-state index is 13.1. The maximum Gasteiger partial charge on any atom is 0.243 e. The Morgan fingerprint density at radius 1 is 0.800 bits per heavy atom. The van der Waals surface area contributed by atoms with E-state index in [4.69, 9.17) is 0 Å². The number of hydrogen-bond donors (Lipinski definition) is 0. The van der Waals surface area contributed by atoms with Gasteiger partial charge in [0, 0.05) is 44.7 Å². The number of aryl methyl sites for hydroxylation is 1. The van der Waals surface area contributed by atoms with Gasteiger partial charge in [0.1, 0.15) is 0 Å². The zero-order valence-corrected chi connectivity index (χ0v) is 18.0. The number of carbonyl (C=O) groups excluding carboxylic acids is 2. The zero-order chi connectivity index (χ0) is 21.5. The van der Waals surface area contributed by atoms with E-state index in [0.717, 1.165) is 10.6 Å². The van der Waals surface area contributed by atoms with Crippen LogP contribution in [0.5, 0.6) is 0 Å². The highest BCUT2D eigenvalue weighted by Crippen LogP contribution is 2.27. The number of sulfonamides is 1. The largest absolute Gasteiger partial charge is 0.369 e. The quantitative estimate of drug-likeness (QED) is 0.701. The van der Waals surface area contributed by atoms with Crippen molar-refractivity contribution in [2.24, 2.45) is 0 Å². The third-order valence-corrected chi connectivity index (χ3v) is 7.85. The number of piperazine rings is 1. The monoisotopic (exact) mass is 427 g/mol. The lowest BCUT2D eigenvalue weighted by molar-refractivity contribution is -0.121. The predicted molar refractivity (Wildman–Crippen MR) is 115 cm³/mol. The summed E-state index contributed by atoms with van der Waals surface area (Å²) < 4.78 is 27.6. The van der Waals surface area contributed by atoms with Crippen molar-refractivity contribution in [2.75, 3.05) is 36.0 Å². The summed E-state index contributed by atoms with van der Waals surface area (Å²) in [5, 5.41) is 0. The highest BCUT2D eigenvalue weighted by molar-refractivity contribution is 7.89. The fourth-order valence-electron chi connectivity index (χ4n) is 4.03. The SMILES string of the molecule is Cc1cccc(N2CCN(S(=O)(=O)c3ccc(N4C(=O)CCC4=O)cc3)CC2)c1C. The Labute approximate surface area is 176 Å². The van der Waals surface area contributed by atoms with Crippen molar-refractivity contribution in [3.05, 3.63) is 53.6 Å². The Kier molecular flexibility index (Phi) is 5.38. The van der Waals surface area contributed by atoms with E-state index in [1.807, 2.05) is 6.07 Å². The van der Waals surface area contributed by atoms with Gasteiger partial charge in [0.25, 0.3) is 0 Å². The lowest BCUT2D eigenvalue weighted by Gasteiger charge is -2.36. The molecule has 2 amide bonds. The van der Waals surface area contributed by atoms with Gasteiger partial charge >= 0.3 is 0 Å². The van der Waals surface area contributed by atoms with Crippen LogP contribution in [-0.4, -0.2) is 50.7 Å². The number of benzene rings is 2. The average Bonchev–Trinajstić information content (AvgIpc) is 3.08. The lowest BCUT2D eigenvalue weighted by atomic mass is 10.1. The van der Waals surface area contributed by atoms with Crippen molar-refractivity contribution in [1.29, 1.82) is 0 Å². The van der Waals surface area contributed by atoms with Crippen LogP contribution in [0.4, 0.5) is 11.4 Å². The minimum Gasteiger partial charge on any atom is -0.369 e. The van der Waals surface area contributed by atoms with E-state index in [1.54, 1.807) is 0 Å². The van der Waals surface area contributed by atoms with Crippen LogP contribution < -0.4 is 9.80 Å². The molecule has 30 heavy (non-hydrogen) atoms. The Morgan fingerprint density at radius 3 is 2.00 bits per heavy atom. The van der Waals surface area contributed by atoms with Crippen molar-refractivity contribution in [3.8, 4) is 0 Å². The van der Waals surface area contributed by atoms with E-state index in [-0.39, 0.29) is 29.6 Å². The summed E-state index contributed by atoms with van der Waals surface area (Å²) in [6, 6.07) is 12.2. The Bertz CT molecular complexity index is 1070. The van der Waals surface area contributed by atoms with Gasteiger partial charge in [-0.1, -0.05) is 12.1 Å². The first-order chi connectivity index (χ1) is 14.3. The lowest BCUT2D eigenvalue weighted by Crippen LogP contribution is -2.48. The average molecular weight is 428 g/mol. The summed E-state index contributed by atoms with van der Waals surface area (Å²) in [5.74, 6) is -0.503. The van der Waals surface area contributed by atoms with Crippen molar-refractivity contribution >= 4 is 33.2 Å². The molecular formula is C22H25N3O4S. The molecule has 2 aromatic rings. The highest BCUT2D eigenvalue weighted by Gasteiger charge is 2.32. The summed E-state index contributed by atoms with van der Waals surface area (Å²) in [5.41, 5.74) is 4.01. The van der Waals surface area contributed by atoms with Gasteiger partial charge in [-0.2, -0.15) is 4.31 Å². The molecule has 4 rings (SSSR count). The third kappa shape index (κ3) is 3.61. The van der Waals surface area contributed by atoms with Crippen molar-refractivity contribution in [2.45, 2.75) is 31.6 Å². The first kappa shape index (κ1) is 20.6. The topological polar surface area (TPSA) is 78.0 Å². The second-order valence-corrected chi connectivity index (χ2v) is 9.66. The van der Waals surface area contributed by atoms with Crippen molar-refractivity contribution < 1.29 is 18.0 Å². The van der Waals surface area contributed by atoms with Crippen LogP contribution >= 0.6 is 0 Å². The van der Waals surface area contributed by atoms with Gasteiger partial charge in [-0.05, 0) is 55.3 Å². The third-order valence-electron chi connectivity index (χ3n) is 5.94. The van der Waals surface area contributed by atoms with Crippen LogP contribution in [0, 0.1) is 13.8 Å². The van der Waals surface area contributed by atoms with Crippen molar-refractivity contribution in [1.82, 2.24) is 4.31 Å². The summed E-state index contributed by atoms with van der Waals surface area (Å²) in [6.45, 7) is 6.22. The Morgan fingerprint density at radius 2 is 1.40 bits per heavy atom. The molecule has 0 unspecified atom stereocenters. The summed E-state index contributed by atoms with van der Waals surface area (Å²) in [6.07, 6.45) is 0.396. The number of carbonyl (C=O) groups is 2. The second kappa shape index (κ2) is 7.85. The predicted octanol–water partition coefficient (Wildman–Crippen LogP) is 2.47. The van der Waals surface area contributed by atoms with E-state index in [2.05, 4.69) is 30.9 Å². The molecule has 2 fully saturated rings. The molecule has 0 saturated carbocycles. The van der Waals surface area contributed by atoms with E-state index in [1.165, 1.54) is 39.7 Å². The first-order valence-electron chi connectivity index (χ1n) is 10.1. The molecule has 0 aromatic heterocycles. The molecule has 0 radical (unpaired) electrons. The number of rotatable bonds is 4. The fourth-order valence-corrected chi connectivity index (χ4v) is 5.45. The van der Waals surface area contributed by atoms with Gasteiger partial charge in [0.2, 0.25) is 21.8 Å². The molecule has 2 aromatic carbocycles. The molecular weight excluding hydrogens is 402 g/mol. The molecule has 0 aliphatic carbocycles. The van der Waals surface area contributed by atoms with Crippen LogP contribution in [0.3, 0.4) is 0 Å². The molecule has 0 bridgehead atoms. The number of hydrogen-bond acceptors (Lipinski definition) is 5. The van der Waals surface area contributed by atoms with Crippen LogP contribution in [0.1, 0.15) is 24.0 Å². The molecule has 2 heterocycles. The maximum absolute atomic E-state index is 13.1. The number of nitrogens with zero attached hydrogens (tertiary/aromatic N) is 3. The van der Waals surface area contributed by atoms with E-state index in [0.29, 0.717) is 31.9 Å². The smallest absolute Gasteiger partial charge is 0.243 e. The normalized spacial score (nSPS) is 18.3. The Hall–Kier alpha value is -2.71. The van der Waals surface area contributed by atoms with E-state index in [9.17, 15) is 18.0 Å². The van der Waals surface area contributed by atoms with Gasteiger partial charge < -0.3 is 4.90 Å². The van der Waals surface area contributed by atoms with Crippen LogP contribution in [0.15, 0.2) is 47.4 Å². The Balaban J connectivity index is 1.47. The van der Waals surface area contributed by atoms with Gasteiger partial charge in [-0.3, -0.25) is 14.5 Å². The molecule has 8 heteroatoms. The van der Waals surface area contributed by atoms with Gasteiger partial charge in [-0.15, -0.1) is 0 Å². The molecule has 158 valence electrons. The second-order valence-electron chi connectivity index (χ2n) is 7.73. The zero-order valence-electron chi connectivity index (χ0n) is 17.2. The van der Waals surface area contributed by atoms with Crippen LogP contribution in [0.25, 0.3) is 0 Å². The molecule has 2 aliphatic heterocycles. The first-order valence-corrected chi connectivity index (χ1v) is 11.5. The van der Waals surface area contributed by atoms with Gasteiger partial charge in [-0.25, -0.2) is 8.42 Å². The van der Waals surface area contributed by atoms with Crippen LogP contribution in [0.2, 0.25) is 0 Å². The molecule has 2 aliphatic rings. The summed E-state index contributed by atoms with van der Waals surface area (Å²) in [4.78, 5) is 27.3. The molecule has 7 nitrogen and oxygen atoms in total. The standard InChI is InChI=1S/C22H25N3O4S/c1-16-4-3-5-20(17(16)2)23-12-14-24(15-13-23)30(28,29)19-8-6-18(7-9-19)25-21(26)10-11-22(25)27/h3-9H,10-15H2,1-2H3. The van der Waals surface area contributed by atoms with Gasteiger partial charge in [0.15, 0.2) is 0 Å². The van der Waals surface area contributed by atoms with E-state index >= 15 is 0 Å². The highest BCUT2D eigenvalue weighted by atomic mass is 32.2.